The van der Waals surface area contributed by atoms with E-state index < -0.39 is 0 Å². The van der Waals surface area contributed by atoms with E-state index >= 15 is 0 Å². The summed E-state index contributed by atoms with van der Waals surface area (Å²) in [4.78, 5) is 34.6. The standard InChI is InChI=1S/C23H34N4O2S/c1-15-9-7-10-16(2)26(15)14-8-12-24-21(28)20-17(3)19-22(30-20)25-18-11-5-4-6-13-27(18)23(19)29/h15-16H,4-14H2,1-3H3,(H,24,28)/t15-,16+. The number of rotatable bonds is 5. The molecule has 2 aliphatic rings. The van der Waals surface area contributed by atoms with Crippen molar-refractivity contribution in [3.05, 3.63) is 26.6 Å². The monoisotopic (exact) mass is 430 g/mol. The molecule has 0 aromatic carbocycles. The van der Waals surface area contributed by atoms with Gasteiger partial charge in [-0.15, -0.1) is 11.3 Å². The van der Waals surface area contributed by atoms with Crippen LogP contribution in [0.5, 0.6) is 0 Å². The number of amides is 1. The molecule has 0 spiro atoms. The summed E-state index contributed by atoms with van der Waals surface area (Å²) in [5, 5.41) is 3.71. The van der Waals surface area contributed by atoms with Crippen molar-refractivity contribution in [1.29, 1.82) is 0 Å². The molecular formula is C23H34N4O2S. The van der Waals surface area contributed by atoms with E-state index in [1.165, 1.54) is 30.6 Å². The van der Waals surface area contributed by atoms with Gasteiger partial charge in [-0.25, -0.2) is 4.98 Å². The van der Waals surface area contributed by atoms with Crippen molar-refractivity contribution in [1.82, 2.24) is 19.8 Å². The van der Waals surface area contributed by atoms with E-state index in [0.29, 0.717) is 33.7 Å². The molecule has 4 rings (SSSR count). The van der Waals surface area contributed by atoms with E-state index in [0.717, 1.165) is 56.6 Å². The highest BCUT2D eigenvalue weighted by molar-refractivity contribution is 7.20. The Bertz CT molecular complexity index is 970. The number of hydrogen-bond acceptors (Lipinski definition) is 5. The van der Waals surface area contributed by atoms with Crippen LogP contribution in [0, 0.1) is 6.92 Å². The van der Waals surface area contributed by atoms with E-state index in [-0.39, 0.29) is 11.5 Å². The molecule has 0 aliphatic carbocycles. The fourth-order valence-electron chi connectivity index (χ4n) is 5.09. The first-order valence-electron chi connectivity index (χ1n) is 11.5. The van der Waals surface area contributed by atoms with Gasteiger partial charge in [0.2, 0.25) is 0 Å². The SMILES string of the molecule is Cc1c(C(=O)NCCCN2[C@H](C)CCC[C@@H]2C)sc2nc3n(c(=O)c12)CCCCC3. The number of likely N-dealkylation sites (tertiary alicyclic amines) is 1. The number of nitrogens with zero attached hydrogens (tertiary/aromatic N) is 3. The van der Waals surface area contributed by atoms with Gasteiger partial charge in [-0.2, -0.15) is 0 Å². The molecule has 1 saturated heterocycles. The summed E-state index contributed by atoms with van der Waals surface area (Å²) in [6, 6.07) is 1.26. The Morgan fingerprint density at radius 3 is 2.70 bits per heavy atom. The number of carbonyl (C=O) groups is 1. The van der Waals surface area contributed by atoms with Gasteiger partial charge in [0.1, 0.15) is 10.7 Å². The molecule has 0 bridgehead atoms. The molecule has 164 valence electrons. The van der Waals surface area contributed by atoms with Gasteiger partial charge in [0, 0.05) is 38.1 Å². The average Bonchev–Trinajstić information content (AvgIpc) is 2.88. The molecule has 2 aromatic rings. The highest BCUT2D eigenvalue weighted by Crippen LogP contribution is 2.28. The Kier molecular flexibility index (Phi) is 6.58. The minimum Gasteiger partial charge on any atom is -0.351 e. The van der Waals surface area contributed by atoms with Gasteiger partial charge in [0.05, 0.1) is 10.3 Å². The Labute approximate surface area is 182 Å². The van der Waals surface area contributed by atoms with Crippen LogP contribution >= 0.6 is 11.3 Å². The van der Waals surface area contributed by atoms with Crippen molar-refractivity contribution in [2.75, 3.05) is 13.1 Å². The molecule has 7 heteroatoms. The van der Waals surface area contributed by atoms with Crippen LogP contribution in [0.2, 0.25) is 0 Å². The molecule has 4 heterocycles. The second-order valence-electron chi connectivity index (χ2n) is 9.01. The minimum atomic E-state index is -0.0742. The van der Waals surface area contributed by atoms with Crippen molar-refractivity contribution >= 4 is 27.5 Å². The largest absolute Gasteiger partial charge is 0.351 e. The maximum Gasteiger partial charge on any atom is 0.262 e. The maximum absolute atomic E-state index is 13.1. The summed E-state index contributed by atoms with van der Waals surface area (Å²) >= 11 is 1.37. The van der Waals surface area contributed by atoms with Crippen LogP contribution in [-0.4, -0.2) is 45.5 Å². The van der Waals surface area contributed by atoms with Gasteiger partial charge in [-0.05, 0) is 58.4 Å². The van der Waals surface area contributed by atoms with E-state index in [9.17, 15) is 9.59 Å². The zero-order valence-corrected chi connectivity index (χ0v) is 19.3. The molecule has 2 aliphatic heterocycles. The Hall–Kier alpha value is -1.73. The van der Waals surface area contributed by atoms with Crippen LogP contribution in [-0.2, 0) is 13.0 Å². The number of carbonyl (C=O) groups excluding carboxylic acids is 1. The predicted molar refractivity (Wildman–Crippen MR) is 123 cm³/mol. The van der Waals surface area contributed by atoms with Gasteiger partial charge in [0.15, 0.2) is 0 Å². The fourth-order valence-corrected chi connectivity index (χ4v) is 6.19. The number of thiophene rings is 1. The zero-order valence-electron chi connectivity index (χ0n) is 18.5. The second-order valence-corrected chi connectivity index (χ2v) is 10.0. The van der Waals surface area contributed by atoms with E-state index in [2.05, 4.69) is 24.1 Å². The first-order valence-corrected chi connectivity index (χ1v) is 12.4. The fraction of sp³-hybridized carbons (Fsp3) is 0.696. The zero-order chi connectivity index (χ0) is 21.3. The topological polar surface area (TPSA) is 67.2 Å². The quantitative estimate of drug-likeness (QED) is 0.731. The van der Waals surface area contributed by atoms with E-state index in [1.54, 1.807) is 0 Å². The summed E-state index contributed by atoms with van der Waals surface area (Å²) < 4.78 is 1.83. The van der Waals surface area contributed by atoms with E-state index in [1.807, 2.05) is 11.5 Å². The average molecular weight is 431 g/mol. The summed E-state index contributed by atoms with van der Waals surface area (Å²) in [5.41, 5.74) is 0.806. The molecule has 6 nitrogen and oxygen atoms in total. The van der Waals surface area contributed by atoms with Crippen LogP contribution < -0.4 is 10.9 Å². The lowest BCUT2D eigenvalue weighted by Crippen LogP contribution is -2.44. The van der Waals surface area contributed by atoms with Crippen molar-refractivity contribution in [3.8, 4) is 0 Å². The number of aryl methyl sites for hydroxylation is 2. The molecule has 0 saturated carbocycles. The number of aromatic nitrogens is 2. The minimum absolute atomic E-state index is 0.0257. The first kappa shape index (κ1) is 21.5. The third-order valence-electron chi connectivity index (χ3n) is 6.87. The number of nitrogens with one attached hydrogen (secondary N) is 1. The highest BCUT2D eigenvalue weighted by atomic mass is 32.1. The molecule has 1 amide bonds. The lowest BCUT2D eigenvalue weighted by Gasteiger charge is -2.39. The first-order chi connectivity index (χ1) is 14.5. The van der Waals surface area contributed by atoms with Crippen LogP contribution in [0.25, 0.3) is 10.2 Å². The molecule has 30 heavy (non-hydrogen) atoms. The summed E-state index contributed by atoms with van der Waals surface area (Å²) in [7, 11) is 0. The molecule has 1 N–H and O–H groups in total. The predicted octanol–water partition coefficient (Wildman–Crippen LogP) is 3.88. The summed E-state index contributed by atoms with van der Waals surface area (Å²) in [6.45, 7) is 8.91. The highest BCUT2D eigenvalue weighted by Gasteiger charge is 2.25. The lowest BCUT2D eigenvalue weighted by atomic mass is 9.97. The van der Waals surface area contributed by atoms with Gasteiger partial charge in [-0.1, -0.05) is 12.8 Å². The smallest absolute Gasteiger partial charge is 0.262 e. The Morgan fingerprint density at radius 2 is 1.93 bits per heavy atom. The molecular weight excluding hydrogens is 396 g/mol. The summed E-state index contributed by atoms with van der Waals surface area (Å²) in [6.07, 6.45) is 8.87. The molecule has 0 radical (unpaired) electrons. The third kappa shape index (κ3) is 4.19. The molecule has 2 atom stereocenters. The van der Waals surface area contributed by atoms with Crippen LogP contribution in [0.3, 0.4) is 0 Å². The number of piperidine rings is 1. The Balaban J connectivity index is 1.44. The molecule has 1 fully saturated rings. The van der Waals surface area contributed by atoms with Crippen LogP contribution in [0.1, 0.15) is 79.9 Å². The van der Waals surface area contributed by atoms with E-state index in [4.69, 9.17) is 4.98 Å². The molecule has 0 unspecified atom stereocenters. The number of fused-ring (bicyclic) bond motifs is 2. The molecule has 2 aromatic heterocycles. The van der Waals surface area contributed by atoms with Crippen molar-refractivity contribution in [3.63, 3.8) is 0 Å². The van der Waals surface area contributed by atoms with Crippen LogP contribution in [0.4, 0.5) is 0 Å². The van der Waals surface area contributed by atoms with Gasteiger partial charge in [0.25, 0.3) is 11.5 Å². The van der Waals surface area contributed by atoms with Gasteiger partial charge < -0.3 is 5.32 Å². The van der Waals surface area contributed by atoms with Crippen molar-refractivity contribution < 1.29 is 4.79 Å². The normalized spacial score (nSPS) is 22.6. The second kappa shape index (κ2) is 9.18. The maximum atomic E-state index is 13.1. The summed E-state index contributed by atoms with van der Waals surface area (Å²) in [5.74, 6) is 0.804. The lowest BCUT2D eigenvalue weighted by molar-refractivity contribution is 0.0928. The van der Waals surface area contributed by atoms with Gasteiger partial charge >= 0.3 is 0 Å². The third-order valence-corrected chi connectivity index (χ3v) is 8.06. The van der Waals surface area contributed by atoms with Crippen molar-refractivity contribution in [2.24, 2.45) is 0 Å². The Morgan fingerprint density at radius 1 is 1.17 bits per heavy atom. The number of hydrogen-bond donors (Lipinski definition) is 1. The van der Waals surface area contributed by atoms with Crippen molar-refractivity contribution in [2.45, 2.75) is 90.8 Å². The van der Waals surface area contributed by atoms with Crippen LogP contribution in [0.15, 0.2) is 4.79 Å². The van der Waals surface area contributed by atoms with Gasteiger partial charge in [-0.3, -0.25) is 19.1 Å².